The van der Waals surface area contributed by atoms with Crippen LogP contribution in [0.5, 0.6) is 0 Å². The molecule has 0 aromatic rings. The van der Waals surface area contributed by atoms with Gasteiger partial charge in [0.05, 0.1) is 0 Å². The summed E-state index contributed by atoms with van der Waals surface area (Å²) in [6.07, 6.45) is 3.16. The van der Waals surface area contributed by atoms with Gasteiger partial charge in [-0.2, -0.15) is 0 Å². The van der Waals surface area contributed by atoms with Gasteiger partial charge in [-0.15, -0.1) is 0 Å². The maximum atomic E-state index is 11.7. The van der Waals surface area contributed by atoms with Crippen molar-refractivity contribution in [2.75, 3.05) is 26.2 Å². The van der Waals surface area contributed by atoms with E-state index in [2.05, 4.69) is 10.6 Å². The van der Waals surface area contributed by atoms with Gasteiger partial charge in [-0.1, -0.05) is 13.3 Å². The molecule has 0 bridgehead atoms. The number of likely N-dealkylation sites (tertiary alicyclic amines) is 1. The molecule has 1 fully saturated rings. The van der Waals surface area contributed by atoms with Gasteiger partial charge in [-0.05, 0) is 18.8 Å². The summed E-state index contributed by atoms with van der Waals surface area (Å²) in [5, 5.41) is 14.0. The molecule has 0 radical (unpaired) electrons. The zero-order valence-electron chi connectivity index (χ0n) is 12.6. The number of carbonyl (C=O) groups is 3. The lowest BCUT2D eigenvalue weighted by Crippen LogP contribution is -2.40. The van der Waals surface area contributed by atoms with Crippen LogP contribution in [-0.4, -0.2) is 54.1 Å². The summed E-state index contributed by atoms with van der Waals surface area (Å²) >= 11 is 0. The van der Waals surface area contributed by atoms with E-state index < -0.39 is 5.97 Å². The number of nitrogens with one attached hydrogen (secondary N) is 2. The van der Waals surface area contributed by atoms with Gasteiger partial charge in [0.25, 0.3) is 0 Å². The first-order valence-corrected chi connectivity index (χ1v) is 7.54. The molecule has 1 heterocycles. The van der Waals surface area contributed by atoms with Crippen LogP contribution in [0.15, 0.2) is 0 Å². The summed E-state index contributed by atoms with van der Waals surface area (Å²) in [6, 6.07) is -0.354. The van der Waals surface area contributed by atoms with E-state index in [1.54, 1.807) is 0 Å². The van der Waals surface area contributed by atoms with Crippen molar-refractivity contribution in [3.05, 3.63) is 0 Å². The van der Waals surface area contributed by atoms with Gasteiger partial charge in [-0.3, -0.25) is 9.59 Å². The van der Waals surface area contributed by atoms with Crippen molar-refractivity contribution in [1.29, 1.82) is 0 Å². The highest BCUT2D eigenvalue weighted by molar-refractivity contribution is 5.78. The SMILES string of the molecule is CCC(CNC(=O)NCCC(=O)N1CCCC1)CC(=O)O. The zero-order valence-corrected chi connectivity index (χ0v) is 12.6. The Hall–Kier alpha value is -1.79. The molecule has 0 saturated carbocycles. The molecule has 0 aromatic heterocycles. The summed E-state index contributed by atoms with van der Waals surface area (Å²) in [5.41, 5.74) is 0. The Morgan fingerprint density at radius 2 is 1.86 bits per heavy atom. The molecule has 1 rings (SSSR count). The van der Waals surface area contributed by atoms with Crippen molar-refractivity contribution >= 4 is 17.9 Å². The highest BCUT2D eigenvalue weighted by Crippen LogP contribution is 2.08. The molecule has 1 aliphatic heterocycles. The Kier molecular flexibility index (Phi) is 7.56. The molecule has 7 nitrogen and oxygen atoms in total. The maximum absolute atomic E-state index is 11.7. The summed E-state index contributed by atoms with van der Waals surface area (Å²) < 4.78 is 0. The van der Waals surface area contributed by atoms with Crippen LogP contribution >= 0.6 is 0 Å². The normalized spacial score (nSPS) is 15.6. The van der Waals surface area contributed by atoms with Gasteiger partial charge in [0.15, 0.2) is 0 Å². The molecule has 21 heavy (non-hydrogen) atoms. The summed E-state index contributed by atoms with van der Waals surface area (Å²) in [7, 11) is 0. The third kappa shape index (κ3) is 6.97. The Morgan fingerprint density at radius 1 is 1.19 bits per heavy atom. The summed E-state index contributed by atoms with van der Waals surface area (Å²) in [4.78, 5) is 35.7. The number of hydrogen-bond acceptors (Lipinski definition) is 3. The van der Waals surface area contributed by atoms with Crippen LogP contribution in [0.3, 0.4) is 0 Å². The Bertz CT molecular complexity index is 367. The first-order valence-electron chi connectivity index (χ1n) is 7.54. The van der Waals surface area contributed by atoms with E-state index in [4.69, 9.17) is 5.11 Å². The predicted molar refractivity (Wildman–Crippen MR) is 77.9 cm³/mol. The molecular formula is C14H25N3O4. The van der Waals surface area contributed by atoms with Crippen LogP contribution in [0.2, 0.25) is 0 Å². The van der Waals surface area contributed by atoms with Crippen molar-refractivity contribution in [3.8, 4) is 0 Å². The van der Waals surface area contributed by atoms with Crippen molar-refractivity contribution in [2.24, 2.45) is 5.92 Å². The number of carbonyl (C=O) groups excluding carboxylic acids is 2. The van der Waals surface area contributed by atoms with E-state index in [1.807, 2.05) is 11.8 Å². The molecule has 3 amide bonds. The number of carboxylic acid groups (broad SMARTS) is 1. The fourth-order valence-electron chi connectivity index (χ4n) is 2.31. The second-order valence-corrected chi connectivity index (χ2v) is 5.35. The predicted octanol–water partition coefficient (Wildman–Crippen LogP) is 0.799. The van der Waals surface area contributed by atoms with E-state index in [9.17, 15) is 14.4 Å². The van der Waals surface area contributed by atoms with Gasteiger partial charge in [0, 0.05) is 39.0 Å². The van der Waals surface area contributed by atoms with Crippen molar-refractivity contribution in [1.82, 2.24) is 15.5 Å². The van der Waals surface area contributed by atoms with Crippen LogP contribution in [0, 0.1) is 5.92 Å². The summed E-state index contributed by atoms with van der Waals surface area (Å²) in [5.74, 6) is -0.857. The van der Waals surface area contributed by atoms with Gasteiger partial charge < -0.3 is 20.6 Å². The average molecular weight is 299 g/mol. The monoisotopic (exact) mass is 299 g/mol. The largest absolute Gasteiger partial charge is 0.481 e. The van der Waals surface area contributed by atoms with Gasteiger partial charge >= 0.3 is 12.0 Å². The van der Waals surface area contributed by atoms with E-state index >= 15 is 0 Å². The lowest BCUT2D eigenvalue weighted by atomic mass is 10.0. The molecule has 1 aliphatic rings. The Labute approximate surface area is 125 Å². The highest BCUT2D eigenvalue weighted by atomic mass is 16.4. The minimum absolute atomic E-state index is 0.0459. The standard InChI is InChI=1S/C14H25N3O4/c1-2-11(9-13(19)20)10-16-14(21)15-6-5-12(18)17-7-3-4-8-17/h11H,2-10H2,1H3,(H,19,20)(H2,15,16,21). The number of amides is 3. The molecule has 1 unspecified atom stereocenters. The second kappa shape index (κ2) is 9.20. The molecule has 120 valence electrons. The minimum Gasteiger partial charge on any atom is -0.481 e. The molecule has 0 aromatic carbocycles. The van der Waals surface area contributed by atoms with E-state index in [0.29, 0.717) is 25.9 Å². The lowest BCUT2D eigenvalue weighted by molar-refractivity contribution is -0.138. The third-order valence-corrected chi connectivity index (χ3v) is 3.68. The average Bonchev–Trinajstić information content (AvgIpc) is 2.97. The van der Waals surface area contributed by atoms with E-state index in [0.717, 1.165) is 25.9 Å². The van der Waals surface area contributed by atoms with E-state index in [1.165, 1.54) is 0 Å². The van der Waals surface area contributed by atoms with Crippen LogP contribution in [0.4, 0.5) is 4.79 Å². The molecule has 0 aliphatic carbocycles. The fraction of sp³-hybridized carbons (Fsp3) is 0.786. The molecule has 0 spiro atoms. The van der Waals surface area contributed by atoms with Crippen molar-refractivity contribution < 1.29 is 19.5 Å². The summed E-state index contributed by atoms with van der Waals surface area (Å²) in [6.45, 7) is 4.16. The van der Waals surface area contributed by atoms with Crippen LogP contribution in [0.25, 0.3) is 0 Å². The Morgan fingerprint density at radius 3 is 2.43 bits per heavy atom. The topological polar surface area (TPSA) is 98.7 Å². The smallest absolute Gasteiger partial charge is 0.314 e. The van der Waals surface area contributed by atoms with Gasteiger partial charge in [0.2, 0.25) is 5.91 Å². The number of urea groups is 1. The van der Waals surface area contributed by atoms with Gasteiger partial charge in [-0.25, -0.2) is 4.79 Å². The minimum atomic E-state index is -0.861. The van der Waals surface area contributed by atoms with Crippen LogP contribution < -0.4 is 10.6 Å². The Balaban J connectivity index is 2.12. The molecular weight excluding hydrogens is 274 g/mol. The fourth-order valence-corrected chi connectivity index (χ4v) is 2.31. The van der Waals surface area contributed by atoms with E-state index in [-0.39, 0.29) is 24.3 Å². The van der Waals surface area contributed by atoms with Crippen LogP contribution in [-0.2, 0) is 9.59 Å². The molecule has 1 saturated heterocycles. The third-order valence-electron chi connectivity index (χ3n) is 3.68. The number of aliphatic carboxylic acids is 1. The second-order valence-electron chi connectivity index (χ2n) is 5.35. The maximum Gasteiger partial charge on any atom is 0.314 e. The van der Waals surface area contributed by atoms with Crippen LogP contribution in [0.1, 0.15) is 39.0 Å². The first-order chi connectivity index (χ1) is 10.0. The number of rotatable bonds is 8. The first kappa shape index (κ1) is 17.3. The zero-order chi connectivity index (χ0) is 15.7. The van der Waals surface area contributed by atoms with Gasteiger partial charge in [0.1, 0.15) is 0 Å². The molecule has 1 atom stereocenters. The lowest BCUT2D eigenvalue weighted by Gasteiger charge is -2.16. The molecule has 3 N–H and O–H groups in total. The quantitative estimate of drug-likeness (QED) is 0.617. The number of hydrogen-bond donors (Lipinski definition) is 3. The van der Waals surface area contributed by atoms with Crippen molar-refractivity contribution in [2.45, 2.75) is 39.0 Å². The number of carboxylic acids is 1. The number of nitrogens with zero attached hydrogens (tertiary/aromatic N) is 1. The van der Waals surface area contributed by atoms with Crippen molar-refractivity contribution in [3.63, 3.8) is 0 Å². The molecule has 7 heteroatoms. The highest BCUT2D eigenvalue weighted by Gasteiger charge is 2.17.